The molecule has 6 unspecified atom stereocenters. The van der Waals surface area contributed by atoms with Crippen molar-refractivity contribution in [3.8, 4) is 0 Å². The fraction of sp³-hybridized carbons (Fsp3) is 0.667. The van der Waals surface area contributed by atoms with Gasteiger partial charge in [0.15, 0.2) is 0 Å². The SMILES string of the molecule is C=C1C2CC2C2(C)CC3(O)OC(=O)C(C)=C3C(O)C12. The zero-order valence-corrected chi connectivity index (χ0v) is 11.1. The molecule has 0 saturated heterocycles. The molecule has 0 spiro atoms. The van der Waals surface area contributed by atoms with E-state index in [1.165, 1.54) is 0 Å². The summed E-state index contributed by atoms with van der Waals surface area (Å²) in [6.07, 6.45) is 0.608. The Labute approximate surface area is 111 Å². The first-order chi connectivity index (χ1) is 8.79. The predicted octanol–water partition coefficient (Wildman–Crippen LogP) is 1.14. The lowest BCUT2D eigenvalue weighted by atomic mass is 9.60. The standard InChI is InChI=1S/C15H18O4/c1-6-8-4-9(8)14(3)5-15(18)11(12(16)10(6)14)7(2)13(17)19-15/h8-10,12,16,18H,1,4-5H2,2-3H3. The van der Waals surface area contributed by atoms with Crippen LogP contribution in [0.5, 0.6) is 0 Å². The van der Waals surface area contributed by atoms with Crippen molar-refractivity contribution in [3.63, 3.8) is 0 Å². The van der Waals surface area contributed by atoms with Crippen molar-refractivity contribution >= 4 is 5.97 Å². The topological polar surface area (TPSA) is 66.8 Å². The van der Waals surface area contributed by atoms with Gasteiger partial charge in [0, 0.05) is 23.5 Å². The van der Waals surface area contributed by atoms with E-state index in [9.17, 15) is 15.0 Å². The van der Waals surface area contributed by atoms with Gasteiger partial charge >= 0.3 is 5.97 Å². The Morgan fingerprint density at radius 3 is 2.84 bits per heavy atom. The van der Waals surface area contributed by atoms with Crippen LogP contribution in [0.15, 0.2) is 23.3 Å². The molecule has 0 radical (unpaired) electrons. The zero-order chi connectivity index (χ0) is 13.7. The maximum absolute atomic E-state index is 11.7. The van der Waals surface area contributed by atoms with Crippen molar-refractivity contribution in [2.45, 2.75) is 38.6 Å². The van der Waals surface area contributed by atoms with Crippen LogP contribution in [0.3, 0.4) is 0 Å². The van der Waals surface area contributed by atoms with Crippen LogP contribution in [-0.4, -0.2) is 28.1 Å². The number of rotatable bonds is 0. The number of aliphatic hydroxyl groups excluding tert-OH is 1. The summed E-state index contributed by atoms with van der Waals surface area (Å²) in [5.74, 6) is -1.24. The lowest BCUT2D eigenvalue weighted by molar-refractivity contribution is -0.211. The molecule has 102 valence electrons. The zero-order valence-electron chi connectivity index (χ0n) is 11.1. The number of ether oxygens (including phenoxy) is 1. The Balaban J connectivity index is 1.88. The summed E-state index contributed by atoms with van der Waals surface area (Å²) in [7, 11) is 0. The van der Waals surface area contributed by atoms with Crippen molar-refractivity contribution < 1.29 is 19.7 Å². The highest BCUT2D eigenvalue weighted by atomic mass is 16.7. The van der Waals surface area contributed by atoms with Gasteiger partial charge in [0.05, 0.1) is 6.10 Å². The van der Waals surface area contributed by atoms with E-state index in [1.54, 1.807) is 6.92 Å². The third-order valence-corrected chi connectivity index (χ3v) is 5.85. The molecule has 2 N–H and O–H groups in total. The van der Waals surface area contributed by atoms with Crippen LogP contribution in [0.4, 0.5) is 0 Å². The van der Waals surface area contributed by atoms with Crippen molar-refractivity contribution in [2.24, 2.45) is 23.2 Å². The minimum absolute atomic E-state index is 0.0593. The number of fused-ring (bicyclic) bond motifs is 4. The van der Waals surface area contributed by atoms with Gasteiger partial charge in [0.1, 0.15) is 0 Å². The van der Waals surface area contributed by atoms with E-state index < -0.39 is 17.9 Å². The number of aliphatic hydroxyl groups is 2. The minimum Gasteiger partial charge on any atom is -0.426 e. The molecule has 4 aliphatic rings. The maximum atomic E-state index is 11.7. The Kier molecular flexibility index (Phi) is 1.82. The largest absolute Gasteiger partial charge is 0.426 e. The fourth-order valence-electron chi connectivity index (χ4n) is 4.98. The second kappa shape index (κ2) is 2.96. The van der Waals surface area contributed by atoms with Crippen molar-refractivity contribution in [1.82, 2.24) is 0 Å². The summed E-state index contributed by atoms with van der Waals surface area (Å²) < 4.78 is 5.16. The van der Waals surface area contributed by atoms with E-state index in [-0.39, 0.29) is 11.3 Å². The molecule has 1 aliphatic heterocycles. The van der Waals surface area contributed by atoms with Gasteiger partial charge in [-0.1, -0.05) is 19.1 Å². The van der Waals surface area contributed by atoms with Crippen LogP contribution >= 0.6 is 0 Å². The Bertz CT molecular complexity index is 562. The molecule has 0 bridgehead atoms. The first kappa shape index (κ1) is 11.7. The van der Waals surface area contributed by atoms with Crippen LogP contribution in [0.25, 0.3) is 0 Å². The van der Waals surface area contributed by atoms with Gasteiger partial charge in [-0.2, -0.15) is 0 Å². The molecular weight excluding hydrogens is 244 g/mol. The average molecular weight is 262 g/mol. The van der Waals surface area contributed by atoms with E-state index in [1.807, 2.05) is 0 Å². The van der Waals surface area contributed by atoms with Gasteiger partial charge in [-0.15, -0.1) is 0 Å². The molecule has 3 fully saturated rings. The lowest BCUT2D eigenvalue weighted by Crippen LogP contribution is -2.53. The molecule has 1 heterocycles. The van der Waals surface area contributed by atoms with Crippen LogP contribution < -0.4 is 0 Å². The first-order valence-electron chi connectivity index (χ1n) is 6.83. The molecule has 4 heteroatoms. The molecule has 3 aliphatic carbocycles. The van der Waals surface area contributed by atoms with Crippen molar-refractivity contribution in [1.29, 1.82) is 0 Å². The molecule has 0 aromatic rings. The summed E-state index contributed by atoms with van der Waals surface area (Å²) in [5, 5.41) is 21.3. The van der Waals surface area contributed by atoms with E-state index in [0.29, 0.717) is 29.4 Å². The summed E-state index contributed by atoms with van der Waals surface area (Å²) in [6.45, 7) is 7.84. The highest BCUT2D eigenvalue weighted by molar-refractivity contribution is 5.92. The second-order valence-corrected chi connectivity index (χ2v) is 6.84. The van der Waals surface area contributed by atoms with Gasteiger partial charge in [-0.3, -0.25) is 0 Å². The smallest absolute Gasteiger partial charge is 0.336 e. The van der Waals surface area contributed by atoms with E-state index in [4.69, 9.17) is 4.74 Å². The summed E-state index contributed by atoms with van der Waals surface area (Å²) in [6, 6.07) is 0. The van der Waals surface area contributed by atoms with Crippen LogP contribution in [0, 0.1) is 23.2 Å². The Hall–Kier alpha value is -1.13. The van der Waals surface area contributed by atoms with Gasteiger partial charge in [0.2, 0.25) is 5.79 Å². The van der Waals surface area contributed by atoms with Crippen LogP contribution in [0.1, 0.15) is 26.7 Å². The predicted molar refractivity (Wildman–Crippen MR) is 66.7 cm³/mol. The minimum atomic E-state index is -1.61. The van der Waals surface area contributed by atoms with E-state index in [0.717, 1.165) is 12.0 Å². The van der Waals surface area contributed by atoms with Crippen LogP contribution in [0.2, 0.25) is 0 Å². The summed E-state index contributed by atoms with van der Waals surface area (Å²) in [4.78, 5) is 11.7. The molecule has 4 nitrogen and oxygen atoms in total. The number of carbonyl (C=O) groups is 1. The van der Waals surface area contributed by atoms with Crippen LogP contribution in [-0.2, 0) is 9.53 Å². The molecule has 0 aromatic heterocycles. The molecule has 3 saturated carbocycles. The summed E-state index contributed by atoms with van der Waals surface area (Å²) >= 11 is 0. The molecule has 19 heavy (non-hydrogen) atoms. The van der Waals surface area contributed by atoms with Crippen molar-refractivity contribution in [3.05, 3.63) is 23.3 Å². The Morgan fingerprint density at radius 2 is 2.16 bits per heavy atom. The Morgan fingerprint density at radius 1 is 1.47 bits per heavy atom. The number of hydrogen-bond donors (Lipinski definition) is 2. The third kappa shape index (κ3) is 1.11. The third-order valence-electron chi connectivity index (χ3n) is 5.85. The second-order valence-electron chi connectivity index (χ2n) is 6.84. The molecule has 0 amide bonds. The molecule has 4 rings (SSSR count). The molecular formula is C15H18O4. The maximum Gasteiger partial charge on any atom is 0.336 e. The molecule has 6 atom stereocenters. The molecule has 0 aromatic carbocycles. The van der Waals surface area contributed by atoms with Gasteiger partial charge in [-0.25, -0.2) is 4.79 Å². The highest BCUT2D eigenvalue weighted by Gasteiger charge is 2.71. The van der Waals surface area contributed by atoms with Gasteiger partial charge in [0.25, 0.3) is 0 Å². The average Bonchev–Trinajstić information content (AvgIpc) is 2.98. The monoisotopic (exact) mass is 262 g/mol. The van der Waals surface area contributed by atoms with E-state index in [2.05, 4.69) is 13.5 Å². The fourth-order valence-corrected chi connectivity index (χ4v) is 4.98. The van der Waals surface area contributed by atoms with Crippen molar-refractivity contribution in [2.75, 3.05) is 0 Å². The number of hydrogen-bond acceptors (Lipinski definition) is 4. The first-order valence-corrected chi connectivity index (χ1v) is 6.83. The number of esters is 1. The normalized spacial score (nSPS) is 54.7. The summed E-state index contributed by atoms with van der Waals surface area (Å²) in [5.41, 5.74) is 1.58. The number of carbonyl (C=O) groups excluding carboxylic acids is 1. The quantitative estimate of drug-likeness (QED) is 0.507. The highest BCUT2D eigenvalue weighted by Crippen LogP contribution is 2.73. The van der Waals surface area contributed by atoms with Gasteiger partial charge < -0.3 is 14.9 Å². The lowest BCUT2D eigenvalue weighted by Gasteiger charge is -2.48. The van der Waals surface area contributed by atoms with E-state index >= 15 is 0 Å². The van der Waals surface area contributed by atoms with Gasteiger partial charge in [-0.05, 0) is 30.6 Å².